The minimum absolute atomic E-state index is 1.26. The van der Waals surface area contributed by atoms with E-state index in [2.05, 4.69) is 74.0 Å². The van der Waals surface area contributed by atoms with E-state index in [1.807, 2.05) is 141 Å². The molecule has 0 aromatic heterocycles. The summed E-state index contributed by atoms with van der Waals surface area (Å²) in [5, 5.41) is 0. The standard InChI is InChI=1S/C24H24S12/c1-25-19-20(26-2)32-16(31-19)11-13-7-9-14(10-8-13)15(18-35-23(29-5)24(30-6)36-18)12-17-33-21(27-3)22(28-4)34-17/h7-12H,1-6H3. The van der Waals surface area contributed by atoms with Crippen molar-refractivity contribution in [2.45, 2.75) is 0 Å². The third-order valence-corrected chi connectivity index (χ3v) is 20.2. The van der Waals surface area contributed by atoms with Crippen LogP contribution in [0.3, 0.4) is 0 Å². The molecule has 4 rings (SSSR count). The van der Waals surface area contributed by atoms with E-state index in [1.54, 1.807) is 0 Å². The number of hydrogen-bond donors (Lipinski definition) is 0. The minimum atomic E-state index is 1.26. The number of thioether (sulfide) groups is 12. The average Bonchev–Trinajstić information content (AvgIpc) is 3.63. The zero-order valence-corrected chi connectivity index (χ0v) is 30.2. The Hall–Kier alpha value is 1.86. The summed E-state index contributed by atoms with van der Waals surface area (Å²) in [5.74, 6) is 0. The van der Waals surface area contributed by atoms with Crippen molar-refractivity contribution in [3.8, 4) is 0 Å². The summed E-state index contributed by atoms with van der Waals surface area (Å²) < 4.78 is 12.6. The lowest BCUT2D eigenvalue weighted by Crippen LogP contribution is -1.85. The molecule has 0 unspecified atom stereocenters. The minimum Gasteiger partial charge on any atom is -0.121 e. The topological polar surface area (TPSA) is 0 Å². The Kier molecular flexibility index (Phi) is 13.0. The van der Waals surface area contributed by atoms with E-state index in [4.69, 9.17) is 0 Å². The Balaban J connectivity index is 1.63. The molecule has 0 atom stereocenters. The molecule has 0 N–H and O–H groups in total. The summed E-state index contributed by atoms with van der Waals surface area (Å²) in [4.78, 5) is 0. The van der Waals surface area contributed by atoms with Gasteiger partial charge in [0, 0.05) is 5.57 Å². The molecule has 0 amide bonds. The summed E-state index contributed by atoms with van der Waals surface area (Å²) in [6, 6.07) is 9.14. The van der Waals surface area contributed by atoms with Crippen molar-refractivity contribution >= 4 is 153 Å². The predicted molar refractivity (Wildman–Crippen MR) is 197 cm³/mol. The third kappa shape index (κ3) is 7.57. The van der Waals surface area contributed by atoms with Crippen LogP contribution >= 0.6 is 141 Å². The quantitative estimate of drug-likeness (QED) is 0.241. The van der Waals surface area contributed by atoms with Gasteiger partial charge in [0.15, 0.2) is 0 Å². The second-order valence-electron chi connectivity index (χ2n) is 6.81. The molecule has 0 nitrogen and oxygen atoms in total. The second kappa shape index (κ2) is 15.2. The fourth-order valence-corrected chi connectivity index (χ4v) is 18.0. The molecule has 12 heteroatoms. The van der Waals surface area contributed by atoms with Gasteiger partial charge in [0.2, 0.25) is 0 Å². The van der Waals surface area contributed by atoms with Crippen LogP contribution in [-0.4, -0.2) is 37.5 Å². The molecule has 0 saturated heterocycles. The number of benzene rings is 1. The lowest BCUT2D eigenvalue weighted by Gasteiger charge is -2.10. The Morgan fingerprint density at radius 2 is 0.917 bits per heavy atom. The summed E-state index contributed by atoms with van der Waals surface area (Å²) in [7, 11) is 0. The molecular formula is C24H24S12. The van der Waals surface area contributed by atoms with Crippen LogP contribution < -0.4 is 0 Å². The Morgan fingerprint density at radius 3 is 1.33 bits per heavy atom. The molecule has 192 valence electrons. The fourth-order valence-electron chi connectivity index (χ4n) is 3.10. The molecule has 0 radical (unpaired) electrons. The molecular weight excluding hydrogens is 673 g/mol. The van der Waals surface area contributed by atoms with Gasteiger partial charge in [0.25, 0.3) is 0 Å². The van der Waals surface area contributed by atoms with Crippen molar-refractivity contribution in [3.05, 3.63) is 79.6 Å². The molecule has 3 aliphatic heterocycles. The first-order chi connectivity index (χ1) is 17.5. The summed E-state index contributed by atoms with van der Waals surface area (Å²) in [6.45, 7) is 0. The maximum Gasteiger partial charge on any atom is 0.0657 e. The van der Waals surface area contributed by atoms with Crippen LogP contribution in [0.5, 0.6) is 0 Å². The first-order valence-corrected chi connectivity index (χ1v) is 22.6. The Labute approximate surface area is 266 Å². The van der Waals surface area contributed by atoms with Gasteiger partial charge in [0.1, 0.15) is 0 Å². The van der Waals surface area contributed by atoms with Gasteiger partial charge in [-0.15, -0.1) is 70.6 Å². The van der Waals surface area contributed by atoms with Gasteiger partial charge < -0.3 is 0 Å². The number of rotatable bonds is 9. The fraction of sp³-hybridized carbons (Fsp3) is 0.250. The van der Waals surface area contributed by atoms with Crippen molar-refractivity contribution in [1.29, 1.82) is 0 Å². The van der Waals surface area contributed by atoms with Crippen molar-refractivity contribution in [3.63, 3.8) is 0 Å². The van der Waals surface area contributed by atoms with E-state index in [1.165, 1.54) is 54.8 Å². The van der Waals surface area contributed by atoms with Crippen LogP contribution in [0.4, 0.5) is 0 Å². The van der Waals surface area contributed by atoms with Gasteiger partial charge in [-0.2, -0.15) is 0 Å². The lowest BCUT2D eigenvalue weighted by atomic mass is 10.1. The maximum atomic E-state index is 2.42. The molecule has 3 heterocycles. The van der Waals surface area contributed by atoms with E-state index in [0.29, 0.717) is 0 Å². The smallest absolute Gasteiger partial charge is 0.0657 e. The van der Waals surface area contributed by atoms with Crippen LogP contribution in [0, 0.1) is 0 Å². The van der Waals surface area contributed by atoms with E-state index in [0.717, 1.165) is 0 Å². The molecule has 0 saturated carbocycles. The van der Waals surface area contributed by atoms with Crippen LogP contribution in [0.25, 0.3) is 11.6 Å². The highest BCUT2D eigenvalue weighted by molar-refractivity contribution is 8.42. The zero-order chi connectivity index (χ0) is 25.7. The molecule has 0 spiro atoms. The van der Waals surface area contributed by atoms with Crippen LogP contribution in [0.15, 0.2) is 68.5 Å². The Bertz CT molecular complexity index is 1130. The van der Waals surface area contributed by atoms with E-state index in [9.17, 15) is 0 Å². The van der Waals surface area contributed by atoms with Crippen molar-refractivity contribution in [2.75, 3.05) is 37.5 Å². The normalized spacial score (nSPS) is 18.3. The third-order valence-electron chi connectivity index (χ3n) is 4.74. The van der Waals surface area contributed by atoms with Crippen LogP contribution in [0.2, 0.25) is 0 Å². The molecule has 3 aliphatic rings. The van der Waals surface area contributed by atoms with Crippen molar-refractivity contribution in [1.82, 2.24) is 0 Å². The molecule has 1 aromatic carbocycles. The van der Waals surface area contributed by atoms with E-state index < -0.39 is 0 Å². The van der Waals surface area contributed by atoms with Gasteiger partial charge in [-0.1, -0.05) is 94.8 Å². The monoisotopic (exact) mass is 696 g/mol. The summed E-state index contributed by atoms with van der Waals surface area (Å²) in [6.07, 6.45) is 17.8. The highest BCUT2D eigenvalue weighted by atomic mass is 32.3. The van der Waals surface area contributed by atoms with Gasteiger partial charge in [-0.25, -0.2) is 0 Å². The Morgan fingerprint density at radius 1 is 0.528 bits per heavy atom. The van der Waals surface area contributed by atoms with Gasteiger partial charge >= 0.3 is 0 Å². The van der Waals surface area contributed by atoms with Gasteiger partial charge in [-0.05, 0) is 60.8 Å². The lowest BCUT2D eigenvalue weighted by molar-refractivity contribution is 1.59. The first-order valence-electron chi connectivity index (χ1n) is 10.3. The van der Waals surface area contributed by atoms with E-state index >= 15 is 0 Å². The zero-order valence-electron chi connectivity index (χ0n) is 20.4. The predicted octanol–water partition coefficient (Wildman–Crippen LogP) is 12.5. The molecule has 0 bridgehead atoms. The molecule has 1 aromatic rings. The molecule has 0 aliphatic carbocycles. The second-order valence-corrected chi connectivity index (χ2v) is 20.3. The first kappa shape index (κ1) is 30.8. The largest absolute Gasteiger partial charge is 0.121 e. The van der Waals surface area contributed by atoms with Gasteiger partial charge in [0.05, 0.1) is 38.1 Å². The van der Waals surface area contributed by atoms with Gasteiger partial charge in [-0.3, -0.25) is 0 Å². The van der Waals surface area contributed by atoms with Crippen molar-refractivity contribution in [2.24, 2.45) is 0 Å². The van der Waals surface area contributed by atoms with Crippen molar-refractivity contribution < 1.29 is 0 Å². The summed E-state index contributed by atoms with van der Waals surface area (Å²) in [5.41, 5.74) is 3.87. The molecule has 0 fully saturated rings. The highest BCUT2D eigenvalue weighted by Crippen LogP contribution is 2.61. The maximum absolute atomic E-state index is 2.42. The molecule has 36 heavy (non-hydrogen) atoms. The highest BCUT2D eigenvalue weighted by Gasteiger charge is 2.26. The van der Waals surface area contributed by atoms with E-state index in [-0.39, 0.29) is 0 Å². The summed E-state index contributed by atoms with van der Waals surface area (Å²) >= 11 is 22.6. The number of allylic oxidation sites excluding steroid dienone is 2. The average molecular weight is 697 g/mol. The van der Waals surface area contributed by atoms with Crippen LogP contribution in [-0.2, 0) is 0 Å². The number of hydrogen-bond acceptors (Lipinski definition) is 12. The SMILES string of the molecule is CSC1=C(SC)SC(=CC(=C2SC(SC)=C(SC)S2)c2ccc(C=C3SC(SC)=C(SC)S3)cc2)S1. The van der Waals surface area contributed by atoms with Crippen LogP contribution in [0.1, 0.15) is 11.1 Å².